The van der Waals surface area contributed by atoms with Gasteiger partial charge in [0, 0.05) is 11.8 Å². The molecule has 1 rings (SSSR count). The molecule has 1 aromatic carbocycles. The van der Waals surface area contributed by atoms with E-state index >= 15 is 0 Å². The third kappa shape index (κ3) is 7.02. The van der Waals surface area contributed by atoms with Crippen molar-refractivity contribution < 1.29 is 9.53 Å². The molecule has 0 aliphatic carbocycles. The highest BCUT2D eigenvalue weighted by Crippen LogP contribution is 2.22. The van der Waals surface area contributed by atoms with Crippen molar-refractivity contribution >= 4 is 11.6 Å². The molecule has 0 atom stereocenters. The number of amides is 1. The number of benzene rings is 1. The average Bonchev–Trinajstić information content (AvgIpc) is 2.45. The van der Waals surface area contributed by atoms with Crippen LogP contribution >= 0.6 is 0 Å². The summed E-state index contributed by atoms with van der Waals surface area (Å²) in [5, 5.41) is 0. The molecule has 4 heteroatoms. The van der Waals surface area contributed by atoms with E-state index in [0.29, 0.717) is 23.6 Å². The molecule has 0 unspecified atom stereocenters. The van der Waals surface area contributed by atoms with E-state index in [9.17, 15) is 4.79 Å². The van der Waals surface area contributed by atoms with E-state index in [-0.39, 0.29) is 0 Å². The first-order valence-electron chi connectivity index (χ1n) is 7.97. The number of hydrogen-bond donors (Lipinski definition) is 2. The van der Waals surface area contributed by atoms with Crippen molar-refractivity contribution in [3.8, 4) is 5.75 Å². The number of rotatable bonds is 11. The van der Waals surface area contributed by atoms with Crippen molar-refractivity contribution in [3.63, 3.8) is 0 Å². The van der Waals surface area contributed by atoms with Crippen LogP contribution in [0.2, 0.25) is 0 Å². The van der Waals surface area contributed by atoms with Crippen LogP contribution in [0.5, 0.6) is 5.75 Å². The van der Waals surface area contributed by atoms with Crippen molar-refractivity contribution in [2.24, 2.45) is 5.73 Å². The molecule has 4 N–H and O–H groups in total. The highest BCUT2D eigenvalue weighted by atomic mass is 16.5. The second kappa shape index (κ2) is 10.1. The lowest BCUT2D eigenvalue weighted by Crippen LogP contribution is -2.13. The van der Waals surface area contributed by atoms with Crippen LogP contribution in [-0.4, -0.2) is 12.5 Å². The molecule has 0 aromatic heterocycles. The molecule has 1 aromatic rings. The lowest BCUT2D eigenvalue weighted by Gasteiger charge is -2.10. The van der Waals surface area contributed by atoms with E-state index in [2.05, 4.69) is 6.92 Å². The van der Waals surface area contributed by atoms with Crippen LogP contribution in [0.1, 0.15) is 68.6 Å². The maximum absolute atomic E-state index is 11.3. The fraction of sp³-hybridized carbons (Fsp3) is 0.588. The minimum atomic E-state index is -0.485. The molecule has 4 nitrogen and oxygen atoms in total. The summed E-state index contributed by atoms with van der Waals surface area (Å²) in [6.45, 7) is 2.83. The van der Waals surface area contributed by atoms with Crippen molar-refractivity contribution in [3.05, 3.63) is 23.8 Å². The normalized spacial score (nSPS) is 10.5. The minimum absolute atomic E-state index is 0.392. The molecule has 21 heavy (non-hydrogen) atoms. The molecule has 0 saturated carbocycles. The molecule has 0 bridgehead atoms. The number of hydrogen-bond acceptors (Lipinski definition) is 3. The maximum atomic E-state index is 11.3. The SMILES string of the molecule is CCCCCCCCCCOc1cc(N)ccc1C(N)=O. The van der Waals surface area contributed by atoms with Crippen LogP contribution < -0.4 is 16.2 Å². The Balaban J connectivity index is 2.21. The molecule has 0 spiro atoms. The lowest BCUT2D eigenvalue weighted by molar-refractivity contribution is 0.0996. The molecule has 1 amide bonds. The van der Waals surface area contributed by atoms with Gasteiger partial charge >= 0.3 is 0 Å². The largest absolute Gasteiger partial charge is 0.493 e. The van der Waals surface area contributed by atoms with Crippen LogP contribution in [0.25, 0.3) is 0 Å². The number of unbranched alkanes of at least 4 members (excludes halogenated alkanes) is 7. The number of carbonyl (C=O) groups is 1. The van der Waals surface area contributed by atoms with E-state index < -0.39 is 5.91 Å². The first kappa shape index (κ1) is 17.3. The first-order chi connectivity index (χ1) is 10.1. The van der Waals surface area contributed by atoms with Gasteiger partial charge in [0.1, 0.15) is 5.75 Å². The zero-order chi connectivity index (χ0) is 15.5. The van der Waals surface area contributed by atoms with E-state index in [1.165, 1.54) is 38.5 Å². The van der Waals surface area contributed by atoms with Gasteiger partial charge in [0.25, 0.3) is 5.91 Å². The number of nitrogen functional groups attached to an aromatic ring is 1. The first-order valence-corrected chi connectivity index (χ1v) is 7.97. The Kier molecular flexibility index (Phi) is 8.32. The van der Waals surface area contributed by atoms with Gasteiger partial charge in [-0.15, -0.1) is 0 Å². The fourth-order valence-electron chi connectivity index (χ4n) is 2.28. The van der Waals surface area contributed by atoms with Gasteiger partial charge in [-0.1, -0.05) is 51.9 Å². The Morgan fingerprint density at radius 1 is 1.05 bits per heavy atom. The van der Waals surface area contributed by atoms with Crippen LogP contribution in [0.15, 0.2) is 18.2 Å². The number of nitrogens with two attached hydrogens (primary N) is 2. The summed E-state index contributed by atoms with van der Waals surface area (Å²) in [5.74, 6) is 0.00590. The van der Waals surface area contributed by atoms with Gasteiger partial charge in [-0.3, -0.25) is 4.79 Å². The number of primary amides is 1. The minimum Gasteiger partial charge on any atom is -0.493 e. The van der Waals surface area contributed by atoms with E-state index in [1.54, 1.807) is 18.2 Å². The van der Waals surface area contributed by atoms with Gasteiger partial charge in [-0.2, -0.15) is 0 Å². The van der Waals surface area contributed by atoms with Crippen LogP contribution in [0, 0.1) is 0 Å². The van der Waals surface area contributed by atoms with Gasteiger partial charge in [-0.25, -0.2) is 0 Å². The molecule has 0 radical (unpaired) electrons. The summed E-state index contributed by atoms with van der Waals surface area (Å²) in [6.07, 6.45) is 9.98. The van der Waals surface area contributed by atoms with Crippen molar-refractivity contribution in [1.82, 2.24) is 0 Å². The number of anilines is 1. The number of ether oxygens (including phenoxy) is 1. The Morgan fingerprint density at radius 3 is 2.29 bits per heavy atom. The van der Waals surface area contributed by atoms with Gasteiger partial charge in [0.2, 0.25) is 0 Å². The smallest absolute Gasteiger partial charge is 0.252 e. The Morgan fingerprint density at radius 2 is 1.67 bits per heavy atom. The Labute approximate surface area is 127 Å². The summed E-state index contributed by atoms with van der Waals surface area (Å²) in [5.41, 5.74) is 12.0. The van der Waals surface area contributed by atoms with E-state index in [4.69, 9.17) is 16.2 Å². The van der Waals surface area contributed by atoms with Crippen LogP contribution in [0.3, 0.4) is 0 Å². The molecule has 0 aliphatic heterocycles. The zero-order valence-corrected chi connectivity index (χ0v) is 13.1. The van der Waals surface area contributed by atoms with E-state index in [1.807, 2.05) is 0 Å². The van der Waals surface area contributed by atoms with E-state index in [0.717, 1.165) is 12.8 Å². The lowest BCUT2D eigenvalue weighted by atomic mass is 10.1. The summed E-state index contributed by atoms with van der Waals surface area (Å²) in [4.78, 5) is 11.3. The molecular formula is C17H28N2O2. The molecule has 118 valence electrons. The Bertz CT molecular complexity index is 433. The highest BCUT2D eigenvalue weighted by Gasteiger charge is 2.09. The topological polar surface area (TPSA) is 78.3 Å². The molecule has 0 saturated heterocycles. The van der Waals surface area contributed by atoms with Crippen molar-refractivity contribution in [1.29, 1.82) is 0 Å². The molecule has 0 heterocycles. The van der Waals surface area contributed by atoms with Crippen molar-refractivity contribution in [2.45, 2.75) is 58.3 Å². The second-order valence-electron chi connectivity index (χ2n) is 5.44. The second-order valence-corrected chi connectivity index (χ2v) is 5.44. The molecule has 0 fully saturated rings. The van der Waals surface area contributed by atoms with Gasteiger partial charge in [-0.05, 0) is 18.6 Å². The van der Waals surface area contributed by atoms with Gasteiger partial charge in [0.05, 0.1) is 12.2 Å². The zero-order valence-electron chi connectivity index (χ0n) is 13.1. The molecule has 0 aliphatic rings. The summed E-state index contributed by atoms with van der Waals surface area (Å²) in [6, 6.07) is 4.93. The molecular weight excluding hydrogens is 264 g/mol. The maximum Gasteiger partial charge on any atom is 0.252 e. The van der Waals surface area contributed by atoms with Gasteiger partial charge in [0.15, 0.2) is 0 Å². The Hall–Kier alpha value is -1.71. The third-order valence-electron chi connectivity index (χ3n) is 3.53. The predicted octanol–water partition coefficient (Wildman–Crippen LogP) is 3.89. The van der Waals surface area contributed by atoms with Gasteiger partial charge < -0.3 is 16.2 Å². The monoisotopic (exact) mass is 292 g/mol. The summed E-state index contributed by atoms with van der Waals surface area (Å²) >= 11 is 0. The number of carbonyl (C=O) groups excluding carboxylic acids is 1. The third-order valence-corrected chi connectivity index (χ3v) is 3.53. The van der Waals surface area contributed by atoms with Crippen LogP contribution in [-0.2, 0) is 0 Å². The van der Waals surface area contributed by atoms with Crippen molar-refractivity contribution in [2.75, 3.05) is 12.3 Å². The quantitative estimate of drug-likeness (QED) is 0.480. The average molecular weight is 292 g/mol. The highest BCUT2D eigenvalue weighted by molar-refractivity contribution is 5.96. The predicted molar refractivity (Wildman–Crippen MR) is 87.5 cm³/mol. The summed E-state index contributed by atoms with van der Waals surface area (Å²) in [7, 11) is 0. The standard InChI is InChI=1S/C17H28N2O2/c1-2-3-4-5-6-7-8-9-12-21-16-13-14(18)10-11-15(16)17(19)20/h10-11,13H,2-9,12,18H2,1H3,(H2,19,20). The van der Waals surface area contributed by atoms with Crippen LogP contribution in [0.4, 0.5) is 5.69 Å². The summed E-state index contributed by atoms with van der Waals surface area (Å²) < 4.78 is 5.64. The fourth-order valence-corrected chi connectivity index (χ4v) is 2.28.